The molecule has 1 atom stereocenters. The SMILES string of the molecule is CCCCCC(C)NC(=O)COc1cccc(N)c1. The summed E-state index contributed by atoms with van der Waals surface area (Å²) in [5.74, 6) is 0.528. The topological polar surface area (TPSA) is 64.3 Å². The molecule has 4 nitrogen and oxygen atoms in total. The summed E-state index contributed by atoms with van der Waals surface area (Å²) < 4.78 is 5.38. The van der Waals surface area contributed by atoms with Gasteiger partial charge in [-0.1, -0.05) is 32.3 Å². The highest BCUT2D eigenvalue weighted by Gasteiger charge is 2.07. The molecule has 1 aromatic rings. The van der Waals surface area contributed by atoms with Crippen molar-refractivity contribution in [2.75, 3.05) is 12.3 Å². The van der Waals surface area contributed by atoms with E-state index >= 15 is 0 Å². The van der Waals surface area contributed by atoms with Crippen LogP contribution in [0.4, 0.5) is 5.69 Å². The molecule has 0 aliphatic carbocycles. The lowest BCUT2D eigenvalue weighted by Gasteiger charge is -2.14. The molecule has 0 bridgehead atoms. The van der Waals surface area contributed by atoms with Crippen molar-refractivity contribution in [2.45, 2.75) is 45.6 Å². The summed E-state index contributed by atoms with van der Waals surface area (Å²) in [6.45, 7) is 4.22. The maximum Gasteiger partial charge on any atom is 0.258 e. The number of nitrogens with one attached hydrogen (secondary N) is 1. The molecule has 4 heteroatoms. The van der Waals surface area contributed by atoms with E-state index in [1.54, 1.807) is 24.3 Å². The summed E-state index contributed by atoms with van der Waals surface area (Å²) in [6, 6.07) is 7.27. The Balaban J connectivity index is 2.24. The average Bonchev–Trinajstić information content (AvgIpc) is 2.37. The highest BCUT2D eigenvalue weighted by Crippen LogP contribution is 2.14. The zero-order chi connectivity index (χ0) is 14.1. The van der Waals surface area contributed by atoms with Crippen LogP contribution in [-0.4, -0.2) is 18.6 Å². The first-order valence-electron chi connectivity index (χ1n) is 6.89. The fourth-order valence-electron chi connectivity index (χ4n) is 1.84. The molecule has 0 aliphatic heterocycles. The summed E-state index contributed by atoms with van der Waals surface area (Å²) in [5.41, 5.74) is 6.26. The highest BCUT2D eigenvalue weighted by molar-refractivity contribution is 5.77. The van der Waals surface area contributed by atoms with Crippen molar-refractivity contribution in [3.05, 3.63) is 24.3 Å². The van der Waals surface area contributed by atoms with Crippen molar-refractivity contribution in [3.8, 4) is 5.75 Å². The number of ether oxygens (including phenoxy) is 1. The Bertz CT molecular complexity index is 393. The summed E-state index contributed by atoms with van der Waals surface area (Å²) in [5, 5.41) is 2.93. The lowest BCUT2D eigenvalue weighted by atomic mass is 10.1. The summed E-state index contributed by atoms with van der Waals surface area (Å²) >= 11 is 0. The van der Waals surface area contributed by atoms with Crippen LogP contribution in [0.1, 0.15) is 39.5 Å². The van der Waals surface area contributed by atoms with Crippen molar-refractivity contribution in [3.63, 3.8) is 0 Å². The van der Waals surface area contributed by atoms with Crippen LogP contribution in [0.3, 0.4) is 0 Å². The smallest absolute Gasteiger partial charge is 0.258 e. The van der Waals surface area contributed by atoms with Crippen LogP contribution in [0.2, 0.25) is 0 Å². The molecule has 3 N–H and O–H groups in total. The zero-order valence-corrected chi connectivity index (χ0v) is 11.8. The van der Waals surface area contributed by atoms with Gasteiger partial charge >= 0.3 is 0 Å². The molecule has 1 rings (SSSR count). The minimum Gasteiger partial charge on any atom is -0.484 e. The molecule has 0 fully saturated rings. The predicted molar refractivity (Wildman–Crippen MR) is 78.1 cm³/mol. The lowest BCUT2D eigenvalue weighted by Crippen LogP contribution is -2.36. The molecular weight excluding hydrogens is 240 g/mol. The van der Waals surface area contributed by atoms with Crippen molar-refractivity contribution in [2.24, 2.45) is 0 Å². The molecule has 0 saturated carbocycles. The molecule has 0 aliphatic rings. The van der Waals surface area contributed by atoms with Crippen molar-refractivity contribution >= 4 is 11.6 Å². The maximum absolute atomic E-state index is 11.7. The number of carbonyl (C=O) groups excluding carboxylic acids is 1. The van der Waals surface area contributed by atoms with Crippen LogP contribution in [-0.2, 0) is 4.79 Å². The lowest BCUT2D eigenvalue weighted by molar-refractivity contribution is -0.123. The van der Waals surface area contributed by atoms with Crippen LogP contribution in [0.5, 0.6) is 5.75 Å². The number of rotatable bonds is 8. The fraction of sp³-hybridized carbons (Fsp3) is 0.533. The van der Waals surface area contributed by atoms with E-state index in [1.807, 2.05) is 6.92 Å². The van der Waals surface area contributed by atoms with Crippen molar-refractivity contribution < 1.29 is 9.53 Å². The van der Waals surface area contributed by atoms with Crippen LogP contribution in [0.25, 0.3) is 0 Å². The monoisotopic (exact) mass is 264 g/mol. The number of amides is 1. The molecule has 1 amide bonds. The third-order valence-corrected chi connectivity index (χ3v) is 2.88. The second kappa shape index (κ2) is 8.40. The highest BCUT2D eigenvalue weighted by atomic mass is 16.5. The van der Waals surface area contributed by atoms with Gasteiger partial charge in [0.15, 0.2) is 6.61 Å². The first-order valence-corrected chi connectivity index (χ1v) is 6.89. The molecule has 0 heterocycles. The van der Waals surface area contributed by atoms with E-state index in [1.165, 1.54) is 12.8 Å². The molecule has 0 spiro atoms. The van der Waals surface area contributed by atoms with Crippen molar-refractivity contribution in [1.29, 1.82) is 0 Å². The van der Waals surface area contributed by atoms with E-state index in [2.05, 4.69) is 12.2 Å². The third-order valence-electron chi connectivity index (χ3n) is 2.88. The zero-order valence-electron chi connectivity index (χ0n) is 11.8. The van der Waals surface area contributed by atoms with E-state index in [-0.39, 0.29) is 18.6 Å². The molecule has 1 aromatic carbocycles. The van der Waals surface area contributed by atoms with Gasteiger partial charge in [-0.3, -0.25) is 4.79 Å². The van der Waals surface area contributed by atoms with Crippen LogP contribution >= 0.6 is 0 Å². The summed E-state index contributed by atoms with van der Waals surface area (Å²) in [7, 11) is 0. The number of anilines is 1. The van der Waals surface area contributed by atoms with Gasteiger partial charge in [-0.2, -0.15) is 0 Å². The first kappa shape index (κ1) is 15.3. The Morgan fingerprint density at radius 1 is 1.42 bits per heavy atom. The minimum atomic E-state index is -0.0913. The summed E-state index contributed by atoms with van der Waals surface area (Å²) in [4.78, 5) is 11.7. The van der Waals surface area contributed by atoms with Gasteiger partial charge in [0, 0.05) is 17.8 Å². The molecule has 1 unspecified atom stereocenters. The van der Waals surface area contributed by atoms with Gasteiger partial charge < -0.3 is 15.8 Å². The van der Waals surface area contributed by atoms with Crippen LogP contribution in [0, 0.1) is 0 Å². The van der Waals surface area contributed by atoms with Crippen molar-refractivity contribution in [1.82, 2.24) is 5.32 Å². The minimum absolute atomic E-state index is 0.0293. The second-order valence-electron chi connectivity index (χ2n) is 4.83. The Labute approximate surface area is 115 Å². The summed E-state index contributed by atoms with van der Waals surface area (Å²) in [6.07, 6.45) is 4.56. The standard InChI is InChI=1S/C15H24N2O2/c1-3-4-5-7-12(2)17-15(18)11-19-14-9-6-8-13(16)10-14/h6,8-10,12H,3-5,7,11,16H2,1-2H3,(H,17,18). The molecule has 19 heavy (non-hydrogen) atoms. The Morgan fingerprint density at radius 2 is 2.21 bits per heavy atom. The third kappa shape index (κ3) is 6.70. The Hall–Kier alpha value is -1.71. The maximum atomic E-state index is 11.7. The van der Waals surface area contributed by atoms with Crippen LogP contribution in [0.15, 0.2) is 24.3 Å². The van der Waals surface area contributed by atoms with Gasteiger partial charge in [-0.15, -0.1) is 0 Å². The van der Waals surface area contributed by atoms with Gasteiger partial charge in [0.05, 0.1) is 0 Å². The molecular formula is C15H24N2O2. The molecule has 0 saturated heterocycles. The van der Waals surface area contributed by atoms with E-state index in [4.69, 9.17) is 10.5 Å². The van der Waals surface area contributed by atoms with Gasteiger partial charge in [-0.25, -0.2) is 0 Å². The first-order chi connectivity index (χ1) is 9.11. The second-order valence-corrected chi connectivity index (χ2v) is 4.83. The quantitative estimate of drug-likeness (QED) is 0.560. The number of hydrogen-bond acceptors (Lipinski definition) is 3. The molecule has 0 radical (unpaired) electrons. The van der Waals surface area contributed by atoms with E-state index in [0.717, 1.165) is 12.8 Å². The van der Waals surface area contributed by atoms with E-state index in [9.17, 15) is 4.79 Å². The van der Waals surface area contributed by atoms with Gasteiger partial charge in [0.2, 0.25) is 0 Å². The van der Waals surface area contributed by atoms with E-state index in [0.29, 0.717) is 11.4 Å². The fourth-order valence-corrected chi connectivity index (χ4v) is 1.84. The molecule has 106 valence electrons. The normalized spacial score (nSPS) is 11.9. The Kier molecular flexibility index (Phi) is 6.79. The number of unbranched alkanes of at least 4 members (excludes halogenated alkanes) is 2. The number of hydrogen-bond donors (Lipinski definition) is 2. The largest absolute Gasteiger partial charge is 0.484 e. The number of carbonyl (C=O) groups is 1. The average molecular weight is 264 g/mol. The molecule has 0 aromatic heterocycles. The number of nitrogen functional groups attached to an aromatic ring is 1. The number of benzene rings is 1. The van der Waals surface area contributed by atoms with Gasteiger partial charge in [-0.05, 0) is 25.5 Å². The van der Waals surface area contributed by atoms with Crippen LogP contribution < -0.4 is 15.8 Å². The van der Waals surface area contributed by atoms with Gasteiger partial charge in [0.25, 0.3) is 5.91 Å². The Morgan fingerprint density at radius 3 is 2.89 bits per heavy atom. The van der Waals surface area contributed by atoms with E-state index < -0.39 is 0 Å². The van der Waals surface area contributed by atoms with Gasteiger partial charge in [0.1, 0.15) is 5.75 Å². The predicted octanol–water partition coefficient (Wildman–Crippen LogP) is 2.73. The number of nitrogens with two attached hydrogens (primary N) is 1.